The van der Waals surface area contributed by atoms with Gasteiger partial charge in [-0.25, -0.2) is 22.0 Å². The normalized spacial score (nSPS) is 11.4. The number of carboxylic acid groups (broad SMARTS) is 1. The van der Waals surface area contributed by atoms with Crippen molar-refractivity contribution in [3.8, 4) is 0 Å². The van der Waals surface area contributed by atoms with Crippen LogP contribution in [-0.2, 0) is 17.1 Å². The lowest BCUT2D eigenvalue weighted by Crippen LogP contribution is -2.17. The minimum atomic E-state index is -4.51. The van der Waals surface area contributed by atoms with E-state index in [2.05, 4.69) is 5.10 Å². The number of rotatable bonds is 4. The van der Waals surface area contributed by atoms with E-state index in [0.29, 0.717) is 12.1 Å². The molecular formula is C11H9F2N3O4S. The second kappa shape index (κ2) is 5.13. The Morgan fingerprint density at radius 3 is 2.57 bits per heavy atom. The largest absolute Gasteiger partial charge is 0.478 e. The van der Waals surface area contributed by atoms with Gasteiger partial charge in [0.05, 0.1) is 5.56 Å². The van der Waals surface area contributed by atoms with Gasteiger partial charge in [0.2, 0.25) is 0 Å². The Labute approximate surface area is 117 Å². The van der Waals surface area contributed by atoms with Crippen molar-refractivity contribution in [1.29, 1.82) is 0 Å². The summed E-state index contributed by atoms with van der Waals surface area (Å²) in [5.41, 5.74) is -0.685. The highest BCUT2D eigenvalue weighted by Gasteiger charge is 2.25. The third-order valence-electron chi connectivity index (χ3n) is 2.48. The zero-order chi connectivity index (χ0) is 15.8. The fourth-order valence-corrected chi connectivity index (χ4v) is 2.65. The fourth-order valence-electron chi connectivity index (χ4n) is 1.55. The molecule has 7 nitrogen and oxygen atoms in total. The molecule has 0 spiro atoms. The van der Waals surface area contributed by atoms with Crippen LogP contribution in [0.25, 0.3) is 0 Å². The SMILES string of the molecule is Cn1ccc(NS(=O)(=O)c2cc(C(=O)O)cc(F)c2F)n1. The fraction of sp³-hybridized carbons (Fsp3) is 0.0909. The highest BCUT2D eigenvalue weighted by molar-refractivity contribution is 7.92. The van der Waals surface area contributed by atoms with Crippen LogP contribution < -0.4 is 4.72 Å². The molecule has 2 aromatic rings. The van der Waals surface area contributed by atoms with Crippen LogP contribution in [0.5, 0.6) is 0 Å². The third kappa shape index (κ3) is 2.99. The van der Waals surface area contributed by atoms with Gasteiger partial charge in [-0.05, 0) is 12.1 Å². The number of carboxylic acids is 1. The summed E-state index contributed by atoms with van der Waals surface area (Å²) in [6, 6.07) is 2.23. The van der Waals surface area contributed by atoms with Gasteiger partial charge in [0, 0.05) is 19.3 Å². The third-order valence-corrected chi connectivity index (χ3v) is 3.84. The highest BCUT2D eigenvalue weighted by Crippen LogP contribution is 2.22. The van der Waals surface area contributed by atoms with E-state index in [1.54, 1.807) is 0 Å². The molecule has 1 aromatic carbocycles. The van der Waals surface area contributed by atoms with Crippen LogP contribution >= 0.6 is 0 Å². The Bertz CT molecular complexity index is 817. The topological polar surface area (TPSA) is 101 Å². The standard InChI is InChI=1S/C11H9F2N3O4S/c1-16-3-2-9(14-16)15-21(19,20)8-5-6(11(17)18)4-7(12)10(8)13/h2-5H,1H3,(H,14,15)(H,17,18). The molecule has 1 heterocycles. The molecule has 2 N–H and O–H groups in total. The molecule has 21 heavy (non-hydrogen) atoms. The van der Waals surface area contributed by atoms with Crippen molar-refractivity contribution < 1.29 is 27.1 Å². The van der Waals surface area contributed by atoms with Crippen molar-refractivity contribution in [2.75, 3.05) is 4.72 Å². The van der Waals surface area contributed by atoms with Gasteiger partial charge in [0.25, 0.3) is 10.0 Å². The molecule has 10 heteroatoms. The smallest absolute Gasteiger partial charge is 0.335 e. The summed E-state index contributed by atoms with van der Waals surface area (Å²) in [5.74, 6) is -4.93. The summed E-state index contributed by atoms with van der Waals surface area (Å²) < 4.78 is 54.2. The zero-order valence-electron chi connectivity index (χ0n) is 10.5. The van der Waals surface area contributed by atoms with Gasteiger partial charge in [-0.3, -0.25) is 9.40 Å². The molecular weight excluding hydrogens is 308 g/mol. The predicted octanol–water partition coefficient (Wildman–Crippen LogP) is 1.20. The van der Waals surface area contributed by atoms with Crippen LogP contribution in [0, 0.1) is 11.6 Å². The monoisotopic (exact) mass is 317 g/mol. The first-order valence-corrected chi connectivity index (χ1v) is 6.94. The first-order chi connectivity index (χ1) is 9.70. The summed E-state index contributed by atoms with van der Waals surface area (Å²) >= 11 is 0. The van der Waals surface area contributed by atoms with E-state index in [4.69, 9.17) is 5.11 Å². The number of anilines is 1. The summed E-state index contributed by atoms with van der Waals surface area (Å²) in [4.78, 5) is 9.68. The molecule has 0 radical (unpaired) electrons. The minimum Gasteiger partial charge on any atom is -0.478 e. The molecule has 0 atom stereocenters. The molecule has 0 saturated carbocycles. The molecule has 1 aromatic heterocycles. The van der Waals surface area contributed by atoms with Crippen molar-refractivity contribution in [3.63, 3.8) is 0 Å². The molecule has 0 saturated heterocycles. The lowest BCUT2D eigenvalue weighted by atomic mass is 10.2. The first kappa shape index (κ1) is 14.9. The zero-order valence-corrected chi connectivity index (χ0v) is 11.4. The van der Waals surface area contributed by atoms with E-state index in [9.17, 15) is 22.0 Å². The molecule has 0 aliphatic carbocycles. The van der Waals surface area contributed by atoms with Crippen LogP contribution in [0.3, 0.4) is 0 Å². The van der Waals surface area contributed by atoms with E-state index in [0.717, 1.165) is 0 Å². The number of nitrogens with zero attached hydrogens (tertiary/aromatic N) is 2. The van der Waals surface area contributed by atoms with Crippen molar-refractivity contribution >= 4 is 21.8 Å². The van der Waals surface area contributed by atoms with E-state index >= 15 is 0 Å². The summed E-state index contributed by atoms with van der Waals surface area (Å²) in [7, 11) is -2.98. The Balaban J connectivity index is 2.51. The maximum Gasteiger partial charge on any atom is 0.335 e. The van der Waals surface area contributed by atoms with E-state index in [-0.39, 0.29) is 5.82 Å². The summed E-state index contributed by atoms with van der Waals surface area (Å²) in [6.07, 6.45) is 1.43. The molecule has 112 valence electrons. The van der Waals surface area contributed by atoms with Crippen LogP contribution in [0.15, 0.2) is 29.3 Å². The van der Waals surface area contributed by atoms with E-state index < -0.39 is 38.1 Å². The molecule has 0 aliphatic heterocycles. The van der Waals surface area contributed by atoms with Gasteiger partial charge in [-0.15, -0.1) is 0 Å². The van der Waals surface area contributed by atoms with E-state index in [1.165, 1.54) is 24.0 Å². The lowest BCUT2D eigenvalue weighted by molar-refractivity contribution is 0.0696. The van der Waals surface area contributed by atoms with Gasteiger partial charge in [0.1, 0.15) is 4.90 Å². The number of aryl methyl sites for hydroxylation is 1. The number of hydrogen-bond acceptors (Lipinski definition) is 4. The number of hydrogen-bond donors (Lipinski definition) is 2. The maximum absolute atomic E-state index is 13.6. The highest BCUT2D eigenvalue weighted by atomic mass is 32.2. The number of carbonyl (C=O) groups is 1. The Morgan fingerprint density at radius 2 is 2.05 bits per heavy atom. The van der Waals surface area contributed by atoms with Crippen molar-refractivity contribution in [2.24, 2.45) is 7.05 Å². The molecule has 0 bridgehead atoms. The van der Waals surface area contributed by atoms with Crippen LogP contribution in [0.2, 0.25) is 0 Å². The van der Waals surface area contributed by atoms with Crippen molar-refractivity contribution in [3.05, 3.63) is 41.6 Å². The maximum atomic E-state index is 13.6. The first-order valence-electron chi connectivity index (χ1n) is 5.45. The second-order valence-corrected chi connectivity index (χ2v) is 5.71. The molecule has 0 amide bonds. The Hall–Kier alpha value is -2.49. The van der Waals surface area contributed by atoms with Gasteiger partial charge >= 0.3 is 5.97 Å². The molecule has 0 fully saturated rings. The average molecular weight is 317 g/mol. The average Bonchev–Trinajstić information content (AvgIpc) is 2.76. The van der Waals surface area contributed by atoms with Gasteiger partial charge in [0.15, 0.2) is 17.5 Å². The summed E-state index contributed by atoms with van der Waals surface area (Å²) in [6.45, 7) is 0. The summed E-state index contributed by atoms with van der Waals surface area (Å²) in [5, 5.41) is 12.5. The second-order valence-electron chi connectivity index (χ2n) is 4.06. The Morgan fingerprint density at radius 1 is 1.38 bits per heavy atom. The van der Waals surface area contributed by atoms with E-state index in [1.807, 2.05) is 4.72 Å². The molecule has 0 unspecified atom stereocenters. The van der Waals surface area contributed by atoms with Gasteiger partial charge < -0.3 is 5.11 Å². The van der Waals surface area contributed by atoms with Crippen LogP contribution in [0.1, 0.15) is 10.4 Å². The predicted molar refractivity (Wildman–Crippen MR) is 67.3 cm³/mol. The van der Waals surface area contributed by atoms with Gasteiger partial charge in [-0.2, -0.15) is 5.10 Å². The van der Waals surface area contributed by atoms with Gasteiger partial charge in [-0.1, -0.05) is 0 Å². The lowest BCUT2D eigenvalue weighted by Gasteiger charge is -2.08. The van der Waals surface area contributed by atoms with Crippen molar-refractivity contribution in [1.82, 2.24) is 9.78 Å². The number of benzene rings is 1. The van der Waals surface area contributed by atoms with Crippen LogP contribution in [-0.4, -0.2) is 29.3 Å². The molecule has 2 rings (SSSR count). The minimum absolute atomic E-state index is 0.113. The number of aromatic carboxylic acids is 1. The number of sulfonamides is 1. The number of halogens is 2. The van der Waals surface area contributed by atoms with Crippen molar-refractivity contribution in [2.45, 2.75) is 4.90 Å². The molecule has 0 aliphatic rings. The number of nitrogens with one attached hydrogen (secondary N) is 1. The Kier molecular flexibility index (Phi) is 3.64. The quantitative estimate of drug-likeness (QED) is 0.882. The number of aromatic nitrogens is 2. The van der Waals surface area contributed by atoms with Crippen LogP contribution in [0.4, 0.5) is 14.6 Å².